The van der Waals surface area contributed by atoms with Gasteiger partial charge in [0.2, 0.25) is 0 Å². The second-order valence-corrected chi connectivity index (χ2v) is 4.49. The molecule has 1 heterocycles. The lowest BCUT2D eigenvalue weighted by atomic mass is 10.00. The average molecular weight is 250 g/mol. The maximum Gasteiger partial charge on any atom is 0.127 e. The van der Waals surface area contributed by atoms with Crippen molar-refractivity contribution in [2.45, 2.75) is 0 Å². The van der Waals surface area contributed by atoms with Gasteiger partial charge in [-0.1, -0.05) is 42.5 Å². The van der Waals surface area contributed by atoms with Crippen LogP contribution in [0.5, 0.6) is 5.75 Å². The number of para-hydroxylation sites is 1. The summed E-state index contributed by atoms with van der Waals surface area (Å²) in [5, 5.41) is 7.39. The Balaban J connectivity index is 1.95. The number of nitrogens with one attached hydrogen (secondary N) is 1. The van der Waals surface area contributed by atoms with E-state index < -0.39 is 0 Å². The summed E-state index contributed by atoms with van der Waals surface area (Å²) in [6.45, 7) is 0.566. The third-order valence-electron chi connectivity index (χ3n) is 3.20. The molecule has 0 spiro atoms. The molecule has 0 saturated carbocycles. The largest absolute Gasteiger partial charge is 0.488 e. The molecule has 0 atom stereocenters. The first-order valence-corrected chi connectivity index (χ1v) is 6.11. The third-order valence-corrected chi connectivity index (χ3v) is 3.20. The van der Waals surface area contributed by atoms with Gasteiger partial charge in [0.1, 0.15) is 18.2 Å². The van der Waals surface area contributed by atoms with Crippen LogP contribution in [0.25, 0.3) is 11.6 Å². The molecule has 0 unspecified atom stereocenters. The first-order valence-electron chi connectivity index (χ1n) is 6.11. The fourth-order valence-corrected chi connectivity index (χ4v) is 2.15. The highest BCUT2D eigenvalue weighted by atomic mass is 16.5. The minimum atomic E-state index is 0.0887. The molecule has 1 aliphatic rings. The second kappa shape index (κ2) is 4.61. The molecule has 3 nitrogen and oxygen atoms in total. The quantitative estimate of drug-likeness (QED) is 0.636. The Morgan fingerprint density at radius 1 is 1.05 bits per heavy atom. The Morgan fingerprint density at radius 3 is 2.53 bits per heavy atom. The van der Waals surface area contributed by atoms with E-state index >= 15 is 0 Å². The van der Waals surface area contributed by atoms with Crippen LogP contribution in [0.2, 0.25) is 0 Å². The number of hydrogen-bond donors (Lipinski definition) is 2. The Bertz CT molecular complexity index is 657. The number of ether oxygens (including phenoxy) is 1. The summed E-state index contributed by atoms with van der Waals surface area (Å²) in [5.41, 5.74) is 9.51. The number of hydrogen-bond acceptors (Lipinski definition) is 2. The summed E-state index contributed by atoms with van der Waals surface area (Å²) in [5.74, 6) is 1.01. The number of fused-ring (bicyclic) bond motifs is 1. The van der Waals surface area contributed by atoms with Gasteiger partial charge in [-0.25, -0.2) is 0 Å². The molecule has 0 amide bonds. The van der Waals surface area contributed by atoms with E-state index in [2.05, 4.69) is 6.08 Å². The van der Waals surface area contributed by atoms with Crippen molar-refractivity contribution in [1.82, 2.24) is 0 Å². The SMILES string of the molecule is N=C(N)c1ccc(C2=Cc3ccccc3OC2)cc1. The molecule has 0 saturated heterocycles. The second-order valence-electron chi connectivity index (χ2n) is 4.49. The van der Waals surface area contributed by atoms with Gasteiger partial charge in [-0.05, 0) is 23.3 Å². The van der Waals surface area contributed by atoms with Crippen LogP contribution in [-0.4, -0.2) is 12.4 Å². The van der Waals surface area contributed by atoms with Crippen molar-refractivity contribution < 1.29 is 4.74 Å². The monoisotopic (exact) mass is 250 g/mol. The first kappa shape index (κ1) is 11.5. The Kier molecular flexibility index (Phi) is 2.80. The van der Waals surface area contributed by atoms with Crippen LogP contribution in [-0.2, 0) is 0 Å². The number of nitrogen functional groups attached to an aromatic ring is 1. The predicted octanol–water partition coefficient (Wildman–Crippen LogP) is 2.90. The van der Waals surface area contributed by atoms with Gasteiger partial charge in [0.25, 0.3) is 0 Å². The topological polar surface area (TPSA) is 59.1 Å². The van der Waals surface area contributed by atoms with Crippen molar-refractivity contribution >= 4 is 17.5 Å². The summed E-state index contributed by atoms with van der Waals surface area (Å²) in [7, 11) is 0. The Labute approximate surface area is 111 Å². The van der Waals surface area contributed by atoms with Gasteiger partial charge < -0.3 is 10.5 Å². The fourth-order valence-electron chi connectivity index (χ4n) is 2.15. The van der Waals surface area contributed by atoms with Gasteiger partial charge in [0.05, 0.1) is 0 Å². The van der Waals surface area contributed by atoms with Gasteiger partial charge in [0.15, 0.2) is 0 Å². The lowest BCUT2D eigenvalue weighted by Gasteiger charge is -2.18. The molecule has 3 rings (SSSR count). The van der Waals surface area contributed by atoms with Crippen molar-refractivity contribution in [2.75, 3.05) is 6.61 Å². The molecule has 0 aliphatic carbocycles. The van der Waals surface area contributed by atoms with E-state index in [-0.39, 0.29) is 5.84 Å². The summed E-state index contributed by atoms with van der Waals surface area (Å²) >= 11 is 0. The number of nitrogens with two attached hydrogens (primary N) is 1. The smallest absolute Gasteiger partial charge is 0.127 e. The number of amidine groups is 1. The maximum atomic E-state index is 7.39. The van der Waals surface area contributed by atoms with E-state index in [0.717, 1.165) is 28.0 Å². The summed E-state index contributed by atoms with van der Waals surface area (Å²) in [6.07, 6.45) is 2.14. The van der Waals surface area contributed by atoms with Gasteiger partial charge >= 0.3 is 0 Å². The molecule has 0 radical (unpaired) electrons. The molecule has 2 aromatic rings. The lowest BCUT2D eigenvalue weighted by molar-refractivity contribution is 0.366. The summed E-state index contributed by atoms with van der Waals surface area (Å²) < 4.78 is 5.73. The zero-order chi connectivity index (χ0) is 13.2. The zero-order valence-corrected chi connectivity index (χ0v) is 10.4. The van der Waals surface area contributed by atoms with E-state index in [9.17, 15) is 0 Å². The van der Waals surface area contributed by atoms with Crippen molar-refractivity contribution in [2.24, 2.45) is 5.73 Å². The molecule has 3 N–H and O–H groups in total. The molecule has 19 heavy (non-hydrogen) atoms. The molecule has 94 valence electrons. The van der Waals surface area contributed by atoms with Crippen LogP contribution < -0.4 is 10.5 Å². The van der Waals surface area contributed by atoms with E-state index in [1.165, 1.54) is 0 Å². The normalized spacial score (nSPS) is 13.2. The maximum absolute atomic E-state index is 7.39. The van der Waals surface area contributed by atoms with Crippen LogP contribution in [0.15, 0.2) is 48.5 Å². The highest BCUT2D eigenvalue weighted by Crippen LogP contribution is 2.30. The van der Waals surface area contributed by atoms with E-state index in [1.807, 2.05) is 48.5 Å². The van der Waals surface area contributed by atoms with Gasteiger partial charge in [0, 0.05) is 11.1 Å². The van der Waals surface area contributed by atoms with Crippen LogP contribution in [0, 0.1) is 5.41 Å². The van der Waals surface area contributed by atoms with E-state index in [4.69, 9.17) is 15.9 Å². The molecule has 0 fully saturated rings. The fraction of sp³-hybridized carbons (Fsp3) is 0.0625. The van der Waals surface area contributed by atoms with E-state index in [0.29, 0.717) is 6.61 Å². The third kappa shape index (κ3) is 2.22. The van der Waals surface area contributed by atoms with Crippen molar-refractivity contribution in [3.63, 3.8) is 0 Å². The molecular formula is C16H14N2O. The zero-order valence-electron chi connectivity index (χ0n) is 10.4. The summed E-state index contributed by atoms with van der Waals surface area (Å²) in [4.78, 5) is 0. The van der Waals surface area contributed by atoms with Crippen LogP contribution in [0.3, 0.4) is 0 Å². The standard InChI is InChI=1S/C16H14N2O/c17-16(18)12-7-5-11(6-8-12)14-9-13-3-1-2-4-15(13)19-10-14/h1-9H,10H2,(H3,17,18). The van der Waals surface area contributed by atoms with Gasteiger partial charge in [-0.15, -0.1) is 0 Å². The molecule has 0 aromatic heterocycles. The van der Waals surface area contributed by atoms with E-state index in [1.54, 1.807) is 0 Å². The van der Waals surface area contributed by atoms with Crippen LogP contribution in [0.4, 0.5) is 0 Å². The van der Waals surface area contributed by atoms with Crippen LogP contribution in [0.1, 0.15) is 16.7 Å². The lowest BCUT2D eigenvalue weighted by Crippen LogP contribution is -2.11. The first-order chi connectivity index (χ1) is 9.24. The van der Waals surface area contributed by atoms with Crippen molar-refractivity contribution in [3.8, 4) is 5.75 Å². The molecule has 0 bridgehead atoms. The highest BCUT2D eigenvalue weighted by molar-refractivity contribution is 5.95. The Hall–Kier alpha value is -2.55. The molecular weight excluding hydrogens is 236 g/mol. The number of benzene rings is 2. The molecule has 1 aliphatic heterocycles. The van der Waals surface area contributed by atoms with Crippen LogP contribution >= 0.6 is 0 Å². The average Bonchev–Trinajstić information content (AvgIpc) is 2.47. The highest BCUT2D eigenvalue weighted by Gasteiger charge is 2.12. The van der Waals surface area contributed by atoms with Crippen molar-refractivity contribution in [3.05, 3.63) is 65.2 Å². The number of rotatable bonds is 2. The van der Waals surface area contributed by atoms with Gasteiger partial charge in [-0.2, -0.15) is 0 Å². The van der Waals surface area contributed by atoms with Gasteiger partial charge in [-0.3, -0.25) is 5.41 Å². The molecule has 3 heteroatoms. The predicted molar refractivity (Wildman–Crippen MR) is 77.3 cm³/mol. The van der Waals surface area contributed by atoms with Crippen molar-refractivity contribution in [1.29, 1.82) is 5.41 Å². The minimum Gasteiger partial charge on any atom is -0.488 e. The molecule has 2 aromatic carbocycles. The summed E-state index contributed by atoms with van der Waals surface area (Å²) in [6, 6.07) is 15.7. The Morgan fingerprint density at radius 2 is 1.79 bits per heavy atom. The minimum absolute atomic E-state index is 0.0887.